The molecule has 1 aliphatic heterocycles. The molecule has 222 valence electrons. The first-order valence-corrected chi connectivity index (χ1v) is 14.0. The van der Waals surface area contributed by atoms with Gasteiger partial charge in [-0.2, -0.15) is 4.98 Å². The fourth-order valence-electron chi connectivity index (χ4n) is 4.86. The summed E-state index contributed by atoms with van der Waals surface area (Å²) >= 11 is 6.66. The zero-order valence-electron chi connectivity index (χ0n) is 23.7. The molecule has 0 aliphatic carbocycles. The second-order valence-corrected chi connectivity index (χ2v) is 10.5. The van der Waals surface area contributed by atoms with Gasteiger partial charge in [-0.3, -0.25) is 0 Å². The molecule has 0 fully saturated rings. The van der Waals surface area contributed by atoms with E-state index in [2.05, 4.69) is 15.1 Å². The first kappa shape index (κ1) is 29.6. The Balaban J connectivity index is 1.55. The summed E-state index contributed by atoms with van der Waals surface area (Å²) in [7, 11) is 0. The van der Waals surface area contributed by atoms with Gasteiger partial charge in [0.15, 0.2) is 12.4 Å². The van der Waals surface area contributed by atoms with Crippen LogP contribution in [0.3, 0.4) is 0 Å². The van der Waals surface area contributed by atoms with E-state index in [1.807, 2.05) is 32.6 Å². The van der Waals surface area contributed by atoms with E-state index in [0.29, 0.717) is 70.3 Å². The van der Waals surface area contributed by atoms with Crippen LogP contribution >= 0.6 is 11.6 Å². The number of nitrogens with zero attached hydrogens (tertiary/aromatic N) is 6. The van der Waals surface area contributed by atoms with Crippen molar-refractivity contribution in [3.8, 4) is 34.4 Å². The topological polar surface area (TPSA) is 120 Å². The Morgan fingerprint density at radius 2 is 1.90 bits per heavy atom. The second kappa shape index (κ2) is 12.5. The van der Waals surface area contributed by atoms with Crippen molar-refractivity contribution in [2.75, 3.05) is 18.1 Å². The zero-order valence-corrected chi connectivity index (χ0v) is 24.5. The molecular formula is C29H31ClF2N6O4. The molecule has 0 unspecified atom stereocenters. The Morgan fingerprint density at radius 1 is 1.10 bits per heavy atom. The van der Waals surface area contributed by atoms with Gasteiger partial charge < -0.3 is 24.0 Å². The molecule has 0 saturated heterocycles. The quantitative estimate of drug-likeness (QED) is 0.224. The molecule has 1 atom stereocenters. The third kappa shape index (κ3) is 6.29. The highest BCUT2D eigenvalue weighted by Crippen LogP contribution is 2.39. The number of aryl methyl sites for hydroxylation is 2. The van der Waals surface area contributed by atoms with Crippen LogP contribution in [0.1, 0.15) is 48.0 Å². The average molecular weight is 601 g/mol. The van der Waals surface area contributed by atoms with Crippen LogP contribution < -0.4 is 14.4 Å². The predicted molar refractivity (Wildman–Crippen MR) is 152 cm³/mol. The summed E-state index contributed by atoms with van der Waals surface area (Å²) in [5, 5.41) is 14.7. The van der Waals surface area contributed by atoms with E-state index in [1.54, 1.807) is 24.4 Å². The Kier molecular flexibility index (Phi) is 8.83. The number of aliphatic hydroxyl groups excluding tert-OH is 1. The first-order chi connectivity index (χ1) is 20.1. The minimum absolute atomic E-state index is 0.0972. The minimum Gasteiger partial charge on any atom is -0.491 e. The van der Waals surface area contributed by atoms with Crippen LogP contribution in [0.15, 0.2) is 28.9 Å². The summed E-state index contributed by atoms with van der Waals surface area (Å²) in [6.07, 6.45) is -0.144. The molecule has 0 saturated carbocycles. The molecule has 5 rings (SSSR count). The van der Waals surface area contributed by atoms with Crippen LogP contribution in [0.2, 0.25) is 5.02 Å². The van der Waals surface area contributed by atoms with Crippen LogP contribution in [-0.2, 0) is 13.1 Å². The van der Waals surface area contributed by atoms with Crippen LogP contribution in [0.5, 0.6) is 11.8 Å². The standard InChI is InChI=1S/C29H31ClF2N6O4/c1-5-6-19(39)13-40-20-7-8-22(30)21(9-20)27-35-26(25-16(3)37-42-17(25)4)15(2)28(36-27)38-11-18-10-33-29(34-23(18)12-38)41-14-24(31)32/h7-10,19,24,39H,5-6,11-14H2,1-4H3/t19-/m1/s1. The fourth-order valence-corrected chi connectivity index (χ4v) is 5.07. The summed E-state index contributed by atoms with van der Waals surface area (Å²) in [5.41, 5.74) is 4.89. The molecule has 1 aliphatic rings. The number of anilines is 1. The van der Waals surface area contributed by atoms with Crippen LogP contribution in [0.25, 0.3) is 22.6 Å². The van der Waals surface area contributed by atoms with Gasteiger partial charge >= 0.3 is 6.01 Å². The lowest BCUT2D eigenvalue weighted by Crippen LogP contribution is -2.19. The van der Waals surface area contributed by atoms with Crippen molar-refractivity contribution < 1.29 is 27.9 Å². The van der Waals surface area contributed by atoms with E-state index in [-0.39, 0.29) is 12.6 Å². The van der Waals surface area contributed by atoms with Crippen LogP contribution in [0, 0.1) is 20.8 Å². The number of fused-ring (bicyclic) bond motifs is 1. The van der Waals surface area contributed by atoms with Gasteiger partial charge in [-0.1, -0.05) is 30.1 Å². The molecule has 1 N–H and O–H groups in total. The van der Waals surface area contributed by atoms with E-state index < -0.39 is 19.1 Å². The Hall–Kier alpha value is -3.90. The van der Waals surface area contributed by atoms with E-state index in [4.69, 9.17) is 35.6 Å². The number of aliphatic hydroxyl groups is 1. The van der Waals surface area contributed by atoms with Crippen LogP contribution in [0.4, 0.5) is 14.6 Å². The number of ether oxygens (including phenoxy) is 2. The summed E-state index contributed by atoms with van der Waals surface area (Å²) in [4.78, 5) is 20.3. The number of rotatable bonds is 11. The van der Waals surface area contributed by atoms with Gasteiger partial charge in [0.25, 0.3) is 6.43 Å². The van der Waals surface area contributed by atoms with Gasteiger partial charge in [-0.05, 0) is 45.4 Å². The predicted octanol–water partition coefficient (Wildman–Crippen LogP) is 5.87. The maximum Gasteiger partial charge on any atom is 0.316 e. The van der Waals surface area contributed by atoms with E-state index >= 15 is 0 Å². The molecule has 10 nitrogen and oxygen atoms in total. The van der Waals surface area contributed by atoms with Gasteiger partial charge in [0.1, 0.15) is 23.9 Å². The number of hydrogen-bond acceptors (Lipinski definition) is 10. The third-order valence-electron chi connectivity index (χ3n) is 6.91. The molecule has 13 heteroatoms. The third-order valence-corrected chi connectivity index (χ3v) is 7.23. The molecule has 3 aromatic heterocycles. The average Bonchev–Trinajstić information content (AvgIpc) is 3.53. The lowest BCUT2D eigenvalue weighted by atomic mass is 10.0. The molecule has 0 bridgehead atoms. The summed E-state index contributed by atoms with van der Waals surface area (Å²) < 4.78 is 41.6. The van der Waals surface area contributed by atoms with E-state index in [9.17, 15) is 13.9 Å². The highest BCUT2D eigenvalue weighted by Gasteiger charge is 2.28. The Bertz CT molecular complexity index is 1560. The van der Waals surface area contributed by atoms with Crippen molar-refractivity contribution in [3.05, 3.63) is 57.7 Å². The van der Waals surface area contributed by atoms with Gasteiger partial charge in [-0.25, -0.2) is 23.7 Å². The minimum atomic E-state index is -2.62. The first-order valence-electron chi connectivity index (χ1n) is 13.6. The molecule has 4 aromatic rings. The lowest BCUT2D eigenvalue weighted by Gasteiger charge is -2.22. The molecular weight excluding hydrogens is 570 g/mol. The van der Waals surface area contributed by atoms with Crippen molar-refractivity contribution in [3.63, 3.8) is 0 Å². The molecule has 0 amide bonds. The maximum absolute atomic E-state index is 12.6. The Labute approximate surface area is 246 Å². The monoisotopic (exact) mass is 600 g/mol. The lowest BCUT2D eigenvalue weighted by molar-refractivity contribution is 0.0769. The van der Waals surface area contributed by atoms with Crippen LogP contribution in [-0.4, -0.2) is 55.9 Å². The van der Waals surface area contributed by atoms with Gasteiger partial charge in [0.2, 0.25) is 0 Å². The summed E-state index contributed by atoms with van der Waals surface area (Å²) in [6.45, 7) is 7.75. The number of halogens is 3. The van der Waals surface area contributed by atoms with Crippen molar-refractivity contribution in [2.45, 2.75) is 66.2 Å². The number of aromatic nitrogens is 5. The SMILES string of the molecule is CCC[C@@H](O)COc1ccc(Cl)c(-c2nc(-c3c(C)noc3C)c(C)c(N3Cc4cnc(OCC(F)F)nc4C3)n2)c1. The molecule has 0 spiro atoms. The smallest absolute Gasteiger partial charge is 0.316 e. The van der Waals surface area contributed by atoms with E-state index in [1.165, 1.54) is 0 Å². The number of benzene rings is 1. The van der Waals surface area contributed by atoms with Crippen molar-refractivity contribution in [2.24, 2.45) is 0 Å². The molecule has 42 heavy (non-hydrogen) atoms. The largest absolute Gasteiger partial charge is 0.491 e. The fraction of sp³-hybridized carbons (Fsp3) is 0.414. The molecule has 1 aromatic carbocycles. The highest BCUT2D eigenvalue weighted by molar-refractivity contribution is 6.33. The van der Waals surface area contributed by atoms with Crippen molar-refractivity contribution in [1.29, 1.82) is 0 Å². The van der Waals surface area contributed by atoms with Crippen molar-refractivity contribution >= 4 is 17.4 Å². The highest BCUT2D eigenvalue weighted by atomic mass is 35.5. The summed E-state index contributed by atoms with van der Waals surface area (Å²) in [6, 6.07) is 5.10. The van der Waals surface area contributed by atoms with Gasteiger partial charge in [0, 0.05) is 29.4 Å². The summed E-state index contributed by atoms with van der Waals surface area (Å²) in [5.74, 6) is 2.12. The van der Waals surface area contributed by atoms with Gasteiger partial charge in [-0.15, -0.1) is 0 Å². The second-order valence-electron chi connectivity index (χ2n) is 10.1. The molecule has 4 heterocycles. The zero-order chi connectivity index (χ0) is 30.0. The van der Waals surface area contributed by atoms with E-state index in [0.717, 1.165) is 23.1 Å². The molecule has 0 radical (unpaired) electrons. The number of alkyl halides is 2. The normalized spacial score (nSPS) is 13.5. The maximum atomic E-state index is 12.6. The van der Waals surface area contributed by atoms with Gasteiger partial charge in [0.05, 0.1) is 40.3 Å². The Morgan fingerprint density at radius 3 is 2.62 bits per heavy atom. The number of hydrogen-bond donors (Lipinski definition) is 1. The van der Waals surface area contributed by atoms with Crippen molar-refractivity contribution in [1.82, 2.24) is 25.1 Å².